The lowest BCUT2D eigenvalue weighted by Crippen LogP contribution is -2.47. The van der Waals surface area contributed by atoms with E-state index >= 15 is 0 Å². The first-order valence-electron chi connectivity index (χ1n) is 6.24. The van der Waals surface area contributed by atoms with Crippen molar-refractivity contribution in [1.29, 1.82) is 0 Å². The van der Waals surface area contributed by atoms with Gasteiger partial charge in [-0.3, -0.25) is 19.7 Å². The third-order valence-electron chi connectivity index (χ3n) is 2.80. The zero-order valence-electron chi connectivity index (χ0n) is 11.7. The van der Waals surface area contributed by atoms with E-state index < -0.39 is 29.8 Å². The molecule has 0 radical (unpaired) electrons. The largest absolute Gasteiger partial charge is 0.468 e. The Bertz CT molecular complexity index is 404. The molecule has 0 aliphatic carbocycles. The van der Waals surface area contributed by atoms with Gasteiger partial charge in [-0.25, -0.2) is 4.79 Å². The normalized spacial score (nSPS) is 16.5. The van der Waals surface area contributed by atoms with Crippen LogP contribution in [0.5, 0.6) is 0 Å². The minimum Gasteiger partial charge on any atom is -0.468 e. The molecule has 0 aromatic heterocycles. The van der Waals surface area contributed by atoms with Gasteiger partial charge in [0.15, 0.2) is 0 Å². The number of carbonyl (C=O) groups excluding carboxylic acids is 4. The topological polar surface area (TPSA) is 102 Å². The van der Waals surface area contributed by atoms with Crippen molar-refractivity contribution >= 4 is 23.8 Å². The van der Waals surface area contributed by atoms with E-state index in [0.29, 0.717) is 5.06 Å². The van der Waals surface area contributed by atoms with E-state index in [4.69, 9.17) is 4.84 Å². The molecule has 1 heterocycles. The van der Waals surface area contributed by atoms with Crippen LogP contribution in [0, 0.1) is 5.92 Å². The maximum Gasteiger partial charge on any atom is 0.350 e. The molecule has 0 bridgehead atoms. The van der Waals surface area contributed by atoms with Gasteiger partial charge in [0, 0.05) is 12.8 Å². The van der Waals surface area contributed by atoms with E-state index in [1.54, 1.807) is 13.8 Å². The Balaban J connectivity index is 2.62. The number of carbonyl (C=O) groups is 4. The molecule has 8 heteroatoms. The van der Waals surface area contributed by atoms with Gasteiger partial charge in [0.1, 0.15) is 6.04 Å². The fourth-order valence-corrected chi connectivity index (χ4v) is 1.66. The van der Waals surface area contributed by atoms with Crippen molar-refractivity contribution in [3.05, 3.63) is 0 Å². The summed E-state index contributed by atoms with van der Waals surface area (Å²) in [6.45, 7) is 3.31. The summed E-state index contributed by atoms with van der Waals surface area (Å²) >= 11 is 0. The van der Waals surface area contributed by atoms with Crippen LogP contribution in [0.4, 0.5) is 0 Å². The van der Waals surface area contributed by atoms with E-state index in [0.717, 1.165) is 0 Å². The highest BCUT2D eigenvalue weighted by molar-refractivity contribution is 6.01. The fourth-order valence-electron chi connectivity index (χ4n) is 1.66. The first kappa shape index (κ1) is 16.1. The van der Waals surface area contributed by atoms with Gasteiger partial charge >= 0.3 is 11.9 Å². The second-order valence-electron chi connectivity index (χ2n) is 4.67. The summed E-state index contributed by atoms with van der Waals surface area (Å²) in [6, 6.07) is -0.824. The molecule has 1 fully saturated rings. The SMILES string of the molecule is COC(=O)CN[C@H](C(=O)ON1C(=O)CCC1=O)C(C)C. The van der Waals surface area contributed by atoms with E-state index in [-0.39, 0.29) is 25.3 Å². The number of rotatable bonds is 6. The number of esters is 1. The Morgan fingerprint density at radius 1 is 1.25 bits per heavy atom. The van der Waals surface area contributed by atoms with Crippen LogP contribution in [0.1, 0.15) is 26.7 Å². The predicted octanol–water partition coefficient (Wildman–Crippen LogP) is -0.619. The summed E-state index contributed by atoms with van der Waals surface area (Å²) in [4.78, 5) is 50.5. The molecule has 112 valence electrons. The van der Waals surface area contributed by atoms with Gasteiger partial charge in [-0.15, -0.1) is 5.06 Å². The quantitative estimate of drug-likeness (QED) is 0.513. The molecule has 0 unspecified atom stereocenters. The monoisotopic (exact) mass is 286 g/mol. The summed E-state index contributed by atoms with van der Waals surface area (Å²) in [7, 11) is 1.23. The van der Waals surface area contributed by atoms with Crippen molar-refractivity contribution in [3.8, 4) is 0 Å². The molecule has 0 saturated carbocycles. The molecule has 0 spiro atoms. The number of hydrogen-bond donors (Lipinski definition) is 1. The average molecular weight is 286 g/mol. The Hall–Kier alpha value is -1.96. The lowest BCUT2D eigenvalue weighted by molar-refractivity contribution is -0.199. The van der Waals surface area contributed by atoms with Crippen molar-refractivity contribution in [3.63, 3.8) is 0 Å². The number of amides is 2. The minimum absolute atomic E-state index is 0.0358. The molecule has 2 amide bonds. The Morgan fingerprint density at radius 3 is 2.25 bits per heavy atom. The first-order valence-corrected chi connectivity index (χ1v) is 6.24. The zero-order valence-corrected chi connectivity index (χ0v) is 11.7. The van der Waals surface area contributed by atoms with Crippen molar-refractivity contribution in [1.82, 2.24) is 10.4 Å². The number of imide groups is 1. The van der Waals surface area contributed by atoms with E-state index in [2.05, 4.69) is 10.1 Å². The third kappa shape index (κ3) is 4.02. The molecule has 1 rings (SSSR count). The van der Waals surface area contributed by atoms with Gasteiger partial charge in [0.05, 0.1) is 13.7 Å². The lowest BCUT2D eigenvalue weighted by Gasteiger charge is -2.22. The highest BCUT2D eigenvalue weighted by Crippen LogP contribution is 2.14. The van der Waals surface area contributed by atoms with Crippen molar-refractivity contribution < 1.29 is 28.8 Å². The van der Waals surface area contributed by atoms with Crippen LogP contribution in [-0.4, -0.2) is 48.5 Å². The maximum atomic E-state index is 11.9. The minimum atomic E-state index is -0.824. The molecule has 1 N–H and O–H groups in total. The number of hydroxylamine groups is 2. The van der Waals surface area contributed by atoms with E-state index in [9.17, 15) is 19.2 Å². The Labute approximate surface area is 116 Å². The number of ether oxygens (including phenoxy) is 1. The van der Waals surface area contributed by atoms with E-state index in [1.165, 1.54) is 7.11 Å². The third-order valence-corrected chi connectivity index (χ3v) is 2.80. The van der Waals surface area contributed by atoms with Crippen LogP contribution < -0.4 is 5.32 Å². The van der Waals surface area contributed by atoms with Crippen LogP contribution in [0.25, 0.3) is 0 Å². The van der Waals surface area contributed by atoms with Crippen molar-refractivity contribution in [2.45, 2.75) is 32.7 Å². The summed E-state index contributed by atoms with van der Waals surface area (Å²) in [5.74, 6) is -2.60. The van der Waals surface area contributed by atoms with Crippen LogP contribution >= 0.6 is 0 Å². The van der Waals surface area contributed by atoms with Gasteiger partial charge in [0.25, 0.3) is 11.8 Å². The number of methoxy groups -OCH3 is 1. The molecule has 0 aromatic rings. The van der Waals surface area contributed by atoms with Gasteiger partial charge in [0.2, 0.25) is 0 Å². The summed E-state index contributed by atoms with van der Waals surface area (Å²) in [6.07, 6.45) is 0.0715. The molecular weight excluding hydrogens is 268 g/mol. The predicted molar refractivity (Wildman–Crippen MR) is 65.8 cm³/mol. The molecule has 1 aliphatic rings. The molecule has 0 aromatic carbocycles. The van der Waals surface area contributed by atoms with Gasteiger partial charge in [-0.2, -0.15) is 0 Å². The second-order valence-corrected chi connectivity index (χ2v) is 4.67. The van der Waals surface area contributed by atoms with Crippen LogP contribution in [0.15, 0.2) is 0 Å². The van der Waals surface area contributed by atoms with E-state index in [1.807, 2.05) is 0 Å². The molecular formula is C12H18N2O6. The molecule has 1 atom stereocenters. The van der Waals surface area contributed by atoms with Gasteiger partial charge in [-0.05, 0) is 5.92 Å². The van der Waals surface area contributed by atoms with Crippen LogP contribution in [0.3, 0.4) is 0 Å². The molecule has 1 aliphatic heterocycles. The van der Waals surface area contributed by atoms with Gasteiger partial charge < -0.3 is 9.57 Å². The summed E-state index contributed by atoms with van der Waals surface area (Å²) in [5, 5.41) is 3.16. The molecule has 8 nitrogen and oxygen atoms in total. The second kappa shape index (κ2) is 6.99. The van der Waals surface area contributed by atoms with Gasteiger partial charge in [-0.1, -0.05) is 13.8 Å². The lowest BCUT2D eigenvalue weighted by atomic mass is 10.1. The average Bonchev–Trinajstić information content (AvgIpc) is 2.70. The first-order chi connectivity index (χ1) is 9.36. The molecule has 20 heavy (non-hydrogen) atoms. The zero-order chi connectivity index (χ0) is 15.3. The Morgan fingerprint density at radius 2 is 1.80 bits per heavy atom. The number of nitrogens with one attached hydrogen (secondary N) is 1. The fraction of sp³-hybridized carbons (Fsp3) is 0.667. The standard InChI is InChI=1S/C12H18N2O6/c1-7(2)11(13-6-10(17)19-3)12(18)20-14-8(15)4-5-9(14)16/h7,11,13H,4-6H2,1-3H3/t11-/m0/s1. The van der Waals surface area contributed by atoms with Crippen LogP contribution in [0.2, 0.25) is 0 Å². The highest BCUT2D eigenvalue weighted by Gasteiger charge is 2.35. The van der Waals surface area contributed by atoms with Crippen LogP contribution in [-0.2, 0) is 28.8 Å². The maximum absolute atomic E-state index is 11.9. The molecule has 1 saturated heterocycles. The smallest absolute Gasteiger partial charge is 0.350 e. The number of nitrogens with zero attached hydrogens (tertiary/aromatic N) is 1. The highest BCUT2D eigenvalue weighted by atomic mass is 16.7. The summed E-state index contributed by atoms with van der Waals surface area (Å²) in [5.41, 5.74) is 0. The van der Waals surface area contributed by atoms with Crippen molar-refractivity contribution in [2.24, 2.45) is 5.92 Å². The van der Waals surface area contributed by atoms with Crippen molar-refractivity contribution in [2.75, 3.05) is 13.7 Å². The number of hydrogen-bond acceptors (Lipinski definition) is 7. The summed E-state index contributed by atoms with van der Waals surface area (Å²) < 4.78 is 4.46. The Kier molecular flexibility index (Phi) is 5.63.